The average molecular weight is 296 g/mol. The minimum Gasteiger partial charge on any atom is -0.497 e. The minimum absolute atomic E-state index is 0.207. The van der Waals surface area contributed by atoms with Gasteiger partial charge in [-0.2, -0.15) is 0 Å². The van der Waals surface area contributed by atoms with E-state index >= 15 is 0 Å². The van der Waals surface area contributed by atoms with Crippen LogP contribution in [0.15, 0.2) is 41.0 Å². The molecule has 2 aromatic rings. The molecule has 0 atom stereocenters. The van der Waals surface area contributed by atoms with Gasteiger partial charge in [-0.05, 0) is 40.2 Å². The summed E-state index contributed by atoms with van der Waals surface area (Å²) in [4.78, 5) is 11.1. The molecule has 1 N–H and O–H groups in total. The number of hydrogen-bond acceptors (Lipinski definition) is 2. The Bertz CT molecular complexity index is 563. The van der Waals surface area contributed by atoms with Crippen molar-refractivity contribution in [3.63, 3.8) is 0 Å². The van der Waals surface area contributed by atoms with Crippen molar-refractivity contribution in [2.75, 3.05) is 7.11 Å². The lowest BCUT2D eigenvalue weighted by molar-refractivity contribution is 0.0688. The van der Waals surface area contributed by atoms with E-state index in [2.05, 4.69) is 15.9 Å². The summed E-state index contributed by atoms with van der Waals surface area (Å²) < 4.78 is 7.52. The van der Waals surface area contributed by atoms with Crippen LogP contribution in [0.4, 0.5) is 0 Å². The molecule has 0 unspecified atom stereocenters. The largest absolute Gasteiger partial charge is 0.497 e. The Labute approximate surface area is 107 Å². The number of rotatable bonds is 3. The zero-order valence-electron chi connectivity index (χ0n) is 9.05. The molecule has 1 aromatic heterocycles. The summed E-state index contributed by atoms with van der Waals surface area (Å²) >= 11 is 3.39. The fourth-order valence-corrected chi connectivity index (χ4v) is 2.01. The topological polar surface area (TPSA) is 51.5 Å². The number of carboxylic acid groups (broad SMARTS) is 1. The predicted octanol–water partition coefficient (Wildman–Crippen LogP) is 2.95. The van der Waals surface area contributed by atoms with Crippen LogP contribution in [-0.4, -0.2) is 22.8 Å². The number of hydrogen-bond donors (Lipinski definition) is 1. The minimum atomic E-state index is -0.968. The number of methoxy groups -OCH3 is 1. The SMILES string of the molecule is COc1ccc(Br)c(-n2cccc2C(=O)O)c1. The molecule has 0 saturated carbocycles. The average Bonchev–Trinajstić information content (AvgIpc) is 2.78. The zero-order valence-corrected chi connectivity index (χ0v) is 10.6. The van der Waals surface area contributed by atoms with Gasteiger partial charge in [-0.1, -0.05) is 0 Å². The molecule has 0 spiro atoms. The number of benzene rings is 1. The lowest BCUT2D eigenvalue weighted by Gasteiger charge is -2.10. The molecule has 0 amide bonds. The molecule has 0 aliphatic rings. The maximum atomic E-state index is 11.1. The monoisotopic (exact) mass is 295 g/mol. The van der Waals surface area contributed by atoms with Crippen LogP contribution in [0.2, 0.25) is 0 Å². The fourth-order valence-electron chi connectivity index (χ4n) is 1.57. The normalized spacial score (nSPS) is 10.2. The van der Waals surface area contributed by atoms with Gasteiger partial charge in [0.2, 0.25) is 0 Å². The third-order valence-corrected chi connectivity index (χ3v) is 3.05. The molecular formula is C12H10BrNO3. The molecule has 1 heterocycles. The summed E-state index contributed by atoms with van der Waals surface area (Å²) in [7, 11) is 1.57. The number of ether oxygens (including phenoxy) is 1. The van der Waals surface area contributed by atoms with Crippen molar-refractivity contribution >= 4 is 21.9 Å². The van der Waals surface area contributed by atoms with Crippen molar-refractivity contribution in [3.8, 4) is 11.4 Å². The zero-order chi connectivity index (χ0) is 12.4. The molecule has 2 rings (SSSR count). The molecule has 17 heavy (non-hydrogen) atoms. The van der Waals surface area contributed by atoms with Crippen LogP contribution in [0.1, 0.15) is 10.5 Å². The fraction of sp³-hybridized carbons (Fsp3) is 0.0833. The van der Waals surface area contributed by atoms with Gasteiger partial charge in [0.25, 0.3) is 0 Å². The summed E-state index contributed by atoms with van der Waals surface area (Å²) in [6.07, 6.45) is 1.70. The van der Waals surface area contributed by atoms with Crippen molar-refractivity contribution in [2.24, 2.45) is 0 Å². The molecule has 0 aliphatic carbocycles. The first-order valence-electron chi connectivity index (χ1n) is 4.88. The molecule has 1 aromatic carbocycles. The Morgan fingerprint density at radius 1 is 1.41 bits per heavy atom. The molecule has 0 radical (unpaired) electrons. The van der Waals surface area contributed by atoms with Crippen molar-refractivity contribution in [1.29, 1.82) is 0 Å². The third kappa shape index (κ3) is 2.19. The second kappa shape index (κ2) is 4.63. The van der Waals surface area contributed by atoms with Gasteiger partial charge in [-0.3, -0.25) is 0 Å². The highest BCUT2D eigenvalue weighted by Crippen LogP contribution is 2.27. The van der Waals surface area contributed by atoms with Gasteiger partial charge in [0.15, 0.2) is 0 Å². The predicted molar refractivity (Wildman–Crippen MR) is 67.0 cm³/mol. The number of halogens is 1. The summed E-state index contributed by atoms with van der Waals surface area (Å²) in [6.45, 7) is 0. The number of carbonyl (C=O) groups is 1. The first-order valence-corrected chi connectivity index (χ1v) is 5.67. The quantitative estimate of drug-likeness (QED) is 0.947. The van der Waals surface area contributed by atoms with Gasteiger partial charge in [0.05, 0.1) is 12.8 Å². The summed E-state index contributed by atoms with van der Waals surface area (Å²) in [6, 6.07) is 8.64. The summed E-state index contributed by atoms with van der Waals surface area (Å²) in [5.74, 6) is -0.294. The highest BCUT2D eigenvalue weighted by molar-refractivity contribution is 9.10. The van der Waals surface area contributed by atoms with Crippen molar-refractivity contribution in [3.05, 3.63) is 46.7 Å². The molecule has 5 heteroatoms. The van der Waals surface area contributed by atoms with Crippen LogP contribution < -0.4 is 4.74 Å². The second-order valence-electron chi connectivity index (χ2n) is 3.39. The van der Waals surface area contributed by atoms with Crippen LogP contribution in [0.5, 0.6) is 5.75 Å². The van der Waals surface area contributed by atoms with E-state index in [0.717, 1.165) is 10.2 Å². The Balaban J connectivity index is 2.59. The second-order valence-corrected chi connectivity index (χ2v) is 4.24. The number of aromatic carboxylic acids is 1. The molecule has 0 bridgehead atoms. The third-order valence-electron chi connectivity index (χ3n) is 2.38. The number of aromatic nitrogens is 1. The molecular weight excluding hydrogens is 286 g/mol. The number of nitrogens with zero attached hydrogens (tertiary/aromatic N) is 1. The van der Waals surface area contributed by atoms with Crippen LogP contribution >= 0.6 is 15.9 Å². The van der Waals surface area contributed by atoms with Crippen LogP contribution in [-0.2, 0) is 0 Å². The lowest BCUT2D eigenvalue weighted by Crippen LogP contribution is -2.06. The first kappa shape index (κ1) is 11.7. The van der Waals surface area contributed by atoms with Gasteiger partial charge < -0.3 is 14.4 Å². The number of carboxylic acids is 1. The Morgan fingerprint density at radius 3 is 2.82 bits per heavy atom. The van der Waals surface area contributed by atoms with E-state index in [9.17, 15) is 4.79 Å². The van der Waals surface area contributed by atoms with Crippen molar-refractivity contribution < 1.29 is 14.6 Å². The molecule has 4 nitrogen and oxygen atoms in total. The van der Waals surface area contributed by atoms with E-state index in [0.29, 0.717) is 5.75 Å². The van der Waals surface area contributed by atoms with Crippen molar-refractivity contribution in [1.82, 2.24) is 4.57 Å². The van der Waals surface area contributed by atoms with Gasteiger partial charge in [0.1, 0.15) is 11.4 Å². The van der Waals surface area contributed by atoms with Gasteiger partial charge in [-0.15, -0.1) is 0 Å². The molecule has 0 saturated heterocycles. The van der Waals surface area contributed by atoms with Crippen molar-refractivity contribution in [2.45, 2.75) is 0 Å². The van der Waals surface area contributed by atoms with E-state index < -0.39 is 5.97 Å². The van der Waals surface area contributed by atoms with Gasteiger partial charge in [-0.25, -0.2) is 4.79 Å². The van der Waals surface area contributed by atoms with E-state index in [1.54, 1.807) is 42.1 Å². The standard InChI is InChI=1S/C12H10BrNO3/c1-17-8-4-5-9(13)11(7-8)14-6-2-3-10(14)12(15)16/h2-7H,1H3,(H,15,16). The van der Waals surface area contributed by atoms with E-state index in [-0.39, 0.29) is 5.69 Å². The van der Waals surface area contributed by atoms with E-state index in [1.807, 2.05) is 6.07 Å². The summed E-state index contributed by atoms with van der Waals surface area (Å²) in [5, 5.41) is 9.07. The van der Waals surface area contributed by atoms with Crippen LogP contribution in [0.25, 0.3) is 5.69 Å². The Hall–Kier alpha value is -1.75. The van der Waals surface area contributed by atoms with E-state index in [4.69, 9.17) is 9.84 Å². The maximum Gasteiger partial charge on any atom is 0.352 e. The summed E-state index contributed by atoms with van der Waals surface area (Å²) in [5.41, 5.74) is 0.936. The van der Waals surface area contributed by atoms with Gasteiger partial charge >= 0.3 is 5.97 Å². The Kier molecular flexibility index (Phi) is 3.19. The first-order chi connectivity index (χ1) is 8.13. The highest BCUT2D eigenvalue weighted by atomic mass is 79.9. The smallest absolute Gasteiger partial charge is 0.352 e. The molecule has 88 valence electrons. The van der Waals surface area contributed by atoms with E-state index in [1.165, 1.54) is 0 Å². The van der Waals surface area contributed by atoms with Crippen LogP contribution in [0, 0.1) is 0 Å². The molecule has 0 aliphatic heterocycles. The Morgan fingerprint density at radius 2 is 2.18 bits per heavy atom. The molecule has 0 fully saturated rings. The maximum absolute atomic E-state index is 11.1. The van der Waals surface area contributed by atoms with Gasteiger partial charge in [0, 0.05) is 16.7 Å². The highest BCUT2D eigenvalue weighted by Gasteiger charge is 2.12. The lowest BCUT2D eigenvalue weighted by atomic mass is 10.3. The van der Waals surface area contributed by atoms with Crippen LogP contribution in [0.3, 0.4) is 0 Å².